The number of thioether (sulfide) groups is 1. The van der Waals surface area contributed by atoms with Crippen LogP contribution in [0.4, 0.5) is 17.5 Å². The van der Waals surface area contributed by atoms with Crippen molar-refractivity contribution in [2.75, 3.05) is 48.1 Å². The number of carbonyl (C=O) groups is 4. The van der Waals surface area contributed by atoms with E-state index in [2.05, 4.69) is 39.4 Å². The molecule has 2 heterocycles. The van der Waals surface area contributed by atoms with Crippen molar-refractivity contribution in [3.8, 4) is 0 Å². The second kappa shape index (κ2) is 27.3. The van der Waals surface area contributed by atoms with Gasteiger partial charge in [-0.25, -0.2) is 4.79 Å². The molecule has 0 spiro atoms. The molecule has 322 valence electrons. The average Bonchev–Trinajstić information content (AvgIpc) is 3.53. The fourth-order valence-electron chi connectivity index (χ4n) is 6.45. The molecule has 0 radical (unpaired) electrons. The molecule has 0 unspecified atom stereocenters. The molecule has 2 aromatic heterocycles. The van der Waals surface area contributed by atoms with Crippen LogP contribution in [-0.2, 0) is 35.2 Å². The van der Waals surface area contributed by atoms with Crippen molar-refractivity contribution < 1.29 is 28.7 Å². The first-order valence-electron chi connectivity index (χ1n) is 21.0. The number of aromatic nitrogens is 4. The van der Waals surface area contributed by atoms with Gasteiger partial charge in [-0.1, -0.05) is 96.6 Å². The lowest BCUT2D eigenvalue weighted by Crippen LogP contribution is -2.36. The highest BCUT2D eigenvalue weighted by atomic mass is 32.2. The van der Waals surface area contributed by atoms with Gasteiger partial charge in [-0.05, 0) is 37.0 Å². The third-order valence-corrected chi connectivity index (χ3v) is 11.0. The number of aromatic amines is 1. The maximum Gasteiger partial charge on any atom is 0.328 e. The number of rotatable bonds is 31. The number of methoxy groups -OCH3 is 1. The monoisotopic (exact) mass is 826 g/mol. The van der Waals surface area contributed by atoms with E-state index < -0.39 is 17.9 Å². The Morgan fingerprint density at radius 1 is 0.897 bits per heavy atom. The van der Waals surface area contributed by atoms with Gasteiger partial charge in [0.15, 0.2) is 17.2 Å². The lowest BCUT2D eigenvalue weighted by atomic mass is 9.94. The molecule has 16 heteroatoms. The molecule has 2 atom stereocenters. The second-order valence-corrected chi connectivity index (χ2v) is 15.9. The zero-order chi connectivity index (χ0) is 42.1. The number of nitrogen functional groups attached to an aromatic ring is 1. The minimum absolute atomic E-state index is 0.0240. The maximum absolute atomic E-state index is 12.9. The number of nitrogens with two attached hydrogens (primary N) is 2. The van der Waals surface area contributed by atoms with Gasteiger partial charge in [-0.15, -0.1) is 0 Å². The Hall–Kier alpha value is -4.44. The van der Waals surface area contributed by atoms with Gasteiger partial charge in [0.2, 0.25) is 11.9 Å². The molecule has 0 bridgehead atoms. The van der Waals surface area contributed by atoms with Gasteiger partial charge in [0.25, 0.3) is 0 Å². The summed E-state index contributed by atoms with van der Waals surface area (Å²) >= 11 is 1.41. The number of anilines is 3. The predicted molar refractivity (Wildman–Crippen MR) is 232 cm³/mol. The number of ketones is 1. The topological polar surface area (TPSA) is 226 Å². The number of fused-ring (bicyclic) bond motifs is 1. The molecule has 0 saturated heterocycles. The minimum Gasteiger partial charge on any atom is -0.469 e. The Bertz CT molecular complexity index is 1760. The predicted octanol–water partition coefficient (Wildman–Crippen LogP) is 6.73. The molecular weight excluding hydrogens is 761 g/mol. The van der Waals surface area contributed by atoms with Crippen molar-refractivity contribution in [1.82, 2.24) is 19.5 Å². The van der Waals surface area contributed by atoms with E-state index in [0.717, 1.165) is 37.7 Å². The maximum atomic E-state index is 12.9. The van der Waals surface area contributed by atoms with Crippen molar-refractivity contribution >= 4 is 64.0 Å². The Morgan fingerprint density at radius 2 is 1.55 bits per heavy atom. The van der Waals surface area contributed by atoms with Crippen LogP contribution in [0.2, 0.25) is 0 Å². The molecule has 58 heavy (non-hydrogen) atoms. The summed E-state index contributed by atoms with van der Waals surface area (Å²) < 4.78 is 11.7. The number of benzene rings is 1. The molecule has 0 fully saturated rings. The van der Waals surface area contributed by atoms with Gasteiger partial charge in [-0.3, -0.25) is 23.7 Å². The zero-order valence-corrected chi connectivity index (χ0v) is 35.6. The standard InChI is InChI=1S/C42H66N8O7S/c1-4-6-8-9-10-11-12-13-14-15-16-17-36(53)57-25-26-58-29-33(43)34(51)27-31(40(54)56-3)20-23-35(52)46-32-21-18-30(19-22-32)28-50-39-37(47-42(50)55)38(44)48-41(49-39)45-24-7-5-2/h18-19,21-22,31,33H,4-17,20,23-29,43H2,1-3H3,(H,46,52)(H,47,55)(H3,44,45,48,49)/t31-,33+/m1/s1. The molecule has 15 nitrogen and oxygen atoms in total. The molecule has 0 saturated carbocycles. The highest BCUT2D eigenvalue weighted by molar-refractivity contribution is 7.99. The van der Waals surface area contributed by atoms with Gasteiger partial charge >= 0.3 is 17.6 Å². The van der Waals surface area contributed by atoms with Crippen LogP contribution in [0.3, 0.4) is 0 Å². The number of Topliss-reactive ketones (excluding diaryl/α,β-unsaturated/α-hetero) is 1. The summed E-state index contributed by atoms with van der Waals surface area (Å²) in [6, 6.07) is 6.18. The molecule has 1 aromatic carbocycles. The normalized spacial score (nSPS) is 12.3. The van der Waals surface area contributed by atoms with E-state index in [0.29, 0.717) is 47.3 Å². The van der Waals surface area contributed by atoms with Crippen LogP contribution >= 0.6 is 11.8 Å². The number of nitrogens with one attached hydrogen (secondary N) is 3. The Morgan fingerprint density at radius 3 is 2.21 bits per heavy atom. The van der Waals surface area contributed by atoms with E-state index in [1.54, 1.807) is 24.3 Å². The van der Waals surface area contributed by atoms with Gasteiger partial charge < -0.3 is 36.6 Å². The molecule has 0 aliphatic heterocycles. The number of carbonyl (C=O) groups excluding carboxylic acids is 4. The summed E-state index contributed by atoms with van der Waals surface area (Å²) in [6.07, 6.45) is 15.7. The van der Waals surface area contributed by atoms with Crippen LogP contribution in [0.1, 0.15) is 129 Å². The van der Waals surface area contributed by atoms with E-state index in [1.807, 2.05) is 0 Å². The quantitative estimate of drug-likeness (QED) is 0.0335. The van der Waals surface area contributed by atoms with E-state index in [-0.39, 0.29) is 61.6 Å². The van der Waals surface area contributed by atoms with Crippen molar-refractivity contribution in [3.05, 3.63) is 40.3 Å². The first-order chi connectivity index (χ1) is 28.1. The SMILES string of the molecule is CCCCCCCCCCCCCC(=O)OCCSC[C@H](N)C(=O)C[C@@H](CCC(=O)Nc1ccc(Cn2c(=O)[nH]c3c(N)nc(NCCCC)nc32)cc1)C(=O)OC. The summed E-state index contributed by atoms with van der Waals surface area (Å²) in [5.41, 5.74) is 13.9. The third-order valence-electron chi connectivity index (χ3n) is 9.93. The number of amides is 1. The first kappa shape index (κ1) is 47.9. The van der Waals surface area contributed by atoms with Gasteiger partial charge in [0.1, 0.15) is 12.1 Å². The van der Waals surface area contributed by atoms with E-state index in [1.165, 1.54) is 74.8 Å². The molecule has 0 aliphatic carbocycles. The van der Waals surface area contributed by atoms with Crippen molar-refractivity contribution in [2.24, 2.45) is 11.7 Å². The number of hydrogen-bond donors (Lipinski definition) is 5. The van der Waals surface area contributed by atoms with E-state index >= 15 is 0 Å². The molecule has 0 aliphatic rings. The average molecular weight is 827 g/mol. The number of unbranched alkanes of at least 4 members (excludes halogenated alkanes) is 11. The lowest BCUT2D eigenvalue weighted by molar-refractivity contribution is -0.147. The smallest absolute Gasteiger partial charge is 0.328 e. The summed E-state index contributed by atoms with van der Waals surface area (Å²) in [7, 11) is 1.24. The van der Waals surface area contributed by atoms with Crippen LogP contribution in [0.15, 0.2) is 29.1 Å². The van der Waals surface area contributed by atoms with E-state index in [4.69, 9.17) is 20.9 Å². The first-order valence-corrected chi connectivity index (χ1v) is 22.2. The largest absolute Gasteiger partial charge is 0.469 e. The summed E-state index contributed by atoms with van der Waals surface area (Å²) in [4.78, 5) is 74.6. The summed E-state index contributed by atoms with van der Waals surface area (Å²) in [5.74, 6) is -0.912. The van der Waals surface area contributed by atoms with Crippen LogP contribution in [-0.4, -0.2) is 81.0 Å². The van der Waals surface area contributed by atoms with E-state index in [9.17, 15) is 24.0 Å². The Balaban J connectivity index is 1.34. The summed E-state index contributed by atoms with van der Waals surface area (Å²) in [5, 5.41) is 5.95. The van der Waals surface area contributed by atoms with Crippen molar-refractivity contribution in [3.63, 3.8) is 0 Å². The highest BCUT2D eigenvalue weighted by Gasteiger charge is 2.26. The fraction of sp³-hybridized carbons (Fsp3) is 0.643. The van der Waals surface area contributed by atoms with Gasteiger partial charge in [0.05, 0.1) is 25.6 Å². The van der Waals surface area contributed by atoms with Crippen molar-refractivity contribution in [1.29, 1.82) is 0 Å². The summed E-state index contributed by atoms with van der Waals surface area (Å²) in [6.45, 7) is 5.45. The third kappa shape index (κ3) is 17.6. The molecule has 7 N–H and O–H groups in total. The molecular formula is C42H66N8O7S. The Labute approximate surface area is 346 Å². The second-order valence-electron chi connectivity index (χ2n) is 14.8. The number of ether oxygens (including phenoxy) is 2. The lowest BCUT2D eigenvalue weighted by Gasteiger charge is -2.17. The van der Waals surface area contributed by atoms with Gasteiger partial charge in [-0.2, -0.15) is 21.7 Å². The van der Waals surface area contributed by atoms with Crippen LogP contribution in [0, 0.1) is 5.92 Å². The number of imidazole rings is 1. The molecule has 1 amide bonds. The molecule has 3 rings (SSSR count). The zero-order valence-electron chi connectivity index (χ0n) is 34.8. The Kier molecular flexibility index (Phi) is 22.5. The number of nitrogens with zero attached hydrogens (tertiary/aromatic N) is 3. The fourth-order valence-corrected chi connectivity index (χ4v) is 7.25. The van der Waals surface area contributed by atoms with Crippen LogP contribution in [0.25, 0.3) is 11.2 Å². The number of H-pyrrole nitrogens is 1. The molecule has 3 aromatic rings. The van der Waals surface area contributed by atoms with Crippen LogP contribution < -0.4 is 27.8 Å². The van der Waals surface area contributed by atoms with Crippen molar-refractivity contribution in [2.45, 2.75) is 136 Å². The minimum atomic E-state index is -0.826. The number of esters is 2. The van der Waals surface area contributed by atoms with Crippen LogP contribution in [0.5, 0.6) is 0 Å². The van der Waals surface area contributed by atoms with Gasteiger partial charge in [0, 0.05) is 43.0 Å². The number of hydrogen-bond acceptors (Lipinski definition) is 13. The highest BCUT2D eigenvalue weighted by Crippen LogP contribution is 2.20.